The standard InChI is InChI=1S/C14H18N2O2/c1-11(10-17)15-14(18)7-9-16-8-6-12-4-2-3-5-13(12)16/h2-6,8,11,17H,7,9-10H2,1H3,(H,15,18). The van der Waals surface area contributed by atoms with E-state index in [2.05, 4.69) is 16.0 Å². The van der Waals surface area contributed by atoms with Gasteiger partial charge in [-0.3, -0.25) is 4.79 Å². The maximum absolute atomic E-state index is 11.6. The molecule has 0 spiro atoms. The quantitative estimate of drug-likeness (QED) is 0.840. The van der Waals surface area contributed by atoms with Gasteiger partial charge in [-0.15, -0.1) is 0 Å². The van der Waals surface area contributed by atoms with Crippen molar-refractivity contribution in [2.75, 3.05) is 6.61 Å². The van der Waals surface area contributed by atoms with E-state index in [9.17, 15) is 4.79 Å². The van der Waals surface area contributed by atoms with Gasteiger partial charge in [-0.25, -0.2) is 0 Å². The van der Waals surface area contributed by atoms with Crippen molar-refractivity contribution in [2.45, 2.75) is 25.9 Å². The Bertz CT molecular complexity index is 533. The van der Waals surface area contributed by atoms with E-state index < -0.39 is 0 Å². The molecule has 0 saturated carbocycles. The lowest BCUT2D eigenvalue weighted by molar-refractivity contribution is -0.122. The zero-order chi connectivity index (χ0) is 13.0. The maximum atomic E-state index is 11.6. The third kappa shape index (κ3) is 2.90. The predicted molar refractivity (Wildman–Crippen MR) is 71.2 cm³/mol. The van der Waals surface area contributed by atoms with Crippen molar-refractivity contribution in [2.24, 2.45) is 0 Å². The van der Waals surface area contributed by atoms with Gasteiger partial charge >= 0.3 is 0 Å². The highest BCUT2D eigenvalue weighted by Crippen LogP contribution is 2.15. The number of carbonyl (C=O) groups excluding carboxylic acids is 1. The van der Waals surface area contributed by atoms with Crippen LogP contribution in [0, 0.1) is 0 Å². The third-order valence-electron chi connectivity index (χ3n) is 2.94. The Hall–Kier alpha value is -1.81. The summed E-state index contributed by atoms with van der Waals surface area (Å²) in [6, 6.07) is 9.96. The topological polar surface area (TPSA) is 54.3 Å². The van der Waals surface area contributed by atoms with Crippen molar-refractivity contribution in [1.82, 2.24) is 9.88 Å². The van der Waals surface area contributed by atoms with Gasteiger partial charge in [-0.05, 0) is 24.4 Å². The van der Waals surface area contributed by atoms with Crippen LogP contribution in [0.1, 0.15) is 13.3 Å². The van der Waals surface area contributed by atoms with E-state index in [1.165, 1.54) is 5.39 Å². The molecule has 2 aromatic rings. The van der Waals surface area contributed by atoms with Crippen molar-refractivity contribution in [3.05, 3.63) is 36.5 Å². The minimum Gasteiger partial charge on any atom is -0.394 e. The van der Waals surface area contributed by atoms with Crippen molar-refractivity contribution in [1.29, 1.82) is 0 Å². The highest BCUT2D eigenvalue weighted by atomic mass is 16.3. The highest BCUT2D eigenvalue weighted by Gasteiger charge is 2.07. The molecule has 0 aliphatic rings. The molecule has 1 atom stereocenters. The molecule has 4 nitrogen and oxygen atoms in total. The summed E-state index contributed by atoms with van der Waals surface area (Å²) in [5.74, 6) is -0.0330. The molecule has 4 heteroatoms. The number of amides is 1. The van der Waals surface area contributed by atoms with E-state index in [1.807, 2.05) is 30.5 Å². The lowest BCUT2D eigenvalue weighted by atomic mass is 10.2. The lowest BCUT2D eigenvalue weighted by Gasteiger charge is -2.11. The van der Waals surface area contributed by atoms with E-state index in [1.54, 1.807) is 6.92 Å². The molecule has 0 aliphatic carbocycles. The SMILES string of the molecule is CC(CO)NC(=O)CCn1ccc2ccccc21. The van der Waals surface area contributed by atoms with Gasteiger partial charge in [0.15, 0.2) is 0 Å². The van der Waals surface area contributed by atoms with E-state index in [0.29, 0.717) is 13.0 Å². The number of rotatable bonds is 5. The molecule has 1 heterocycles. The molecule has 1 aromatic carbocycles. The van der Waals surface area contributed by atoms with Crippen molar-refractivity contribution >= 4 is 16.8 Å². The largest absolute Gasteiger partial charge is 0.394 e. The van der Waals surface area contributed by atoms with Gasteiger partial charge in [-0.2, -0.15) is 0 Å². The smallest absolute Gasteiger partial charge is 0.222 e. The van der Waals surface area contributed by atoms with Gasteiger partial charge in [0, 0.05) is 30.7 Å². The maximum Gasteiger partial charge on any atom is 0.222 e. The average molecular weight is 246 g/mol. The van der Waals surface area contributed by atoms with Crippen LogP contribution in [0.25, 0.3) is 10.9 Å². The number of benzene rings is 1. The molecular weight excluding hydrogens is 228 g/mol. The molecule has 0 fully saturated rings. The first-order valence-electron chi connectivity index (χ1n) is 6.15. The normalized spacial score (nSPS) is 12.6. The highest BCUT2D eigenvalue weighted by molar-refractivity contribution is 5.80. The zero-order valence-corrected chi connectivity index (χ0v) is 10.5. The van der Waals surface area contributed by atoms with E-state index in [-0.39, 0.29) is 18.6 Å². The van der Waals surface area contributed by atoms with E-state index in [4.69, 9.17) is 5.11 Å². The minimum absolute atomic E-state index is 0.0296. The lowest BCUT2D eigenvalue weighted by Crippen LogP contribution is -2.35. The van der Waals surface area contributed by atoms with Gasteiger partial charge in [0.2, 0.25) is 5.91 Å². The zero-order valence-electron chi connectivity index (χ0n) is 10.5. The molecular formula is C14H18N2O2. The first-order chi connectivity index (χ1) is 8.70. The van der Waals surface area contributed by atoms with E-state index in [0.717, 1.165) is 5.52 Å². The summed E-state index contributed by atoms with van der Waals surface area (Å²) < 4.78 is 2.07. The summed E-state index contributed by atoms with van der Waals surface area (Å²) >= 11 is 0. The molecule has 0 aliphatic heterocycles. The molecule has 0 radical (unpaired) electrons. The first kappa shape index (κ1) is 12.6. The molecule has 2 N–H and O–H groups in total. The number of fused-ring (bicyclic) bond motifs is 1. The number of carbonyl (C=O) groups is 1. The number of nitrogens with zero attached hydrogens (tertiary/aromatic N) is 1. The number of nitrogens with one attached hydrogen (secondary N) is 1. The van der Waals surface area contributed by atoms with Gasteiger partial charge in [0.25, 0.3) is 0 Å². The number of aromatic nitrogens is 1. The Morgan fingerprint density at radius 2 is 2.17 bits per heavy atom. The van der Waals surface area contributed by atoms with Crippen LogP contribution >= 0.6 is 0 Å². The molecule has 1 amide bonds. The van der Waals surface area contributed by atoms with Crippen LogP contribution in [-0.2, 0) is 11.3 Å². The number of aliphatic hydroxyl groups excluding tert-OH is 1. The minimum atomic E-state index is -0.182. The van der Waals surface area contributed by atoms with Crippen LogP contribution in [0.5, 0.6) is 0 Å². The van der Waals surface area contributed by atoms with E-state index >= 15 is 0 Å². The first-order valence-corrected chi connectivity index (χ1v) is 6.15. The van der Waals surface area contributed by atoms with Crippen LogP contribution in [0.4, 0.5) is 0 Å². The summed E-state index contributed by atoms with van der Waals surface area (Å²) in [6.07, 6.45) is 2.41. The molecule has 0 saturated heterocycles. The predicted octanol–water partition coefficient (Wildman–Crippen LogP) is 1.53. The van der Waals surface area contributed by atoms with Crippen LogP contribution in [0.15, 0.2) is 36.5 Å². The Labute approximate surface area is 106 Å². The second-order valence-corrected chi connectivity index (χ2v) is 4.47. The van der Waals surface area contributed by atoms with Gasteiger partial charge in [0.05, 0.1) is 6.61 Å². The molecule has 1 aromatic heterocycles. The Morgan fingerprint density at radius 1 is 1.39 bits per heavy atom. The molecule has 96 valence electrons. The molecule has 18 heavy (non-hydrogen) atoms. The van der Waals surface area contributed by atoms with Crippen LogP contribution in [0.3, 0.4) is 0 Å². The monoisotopic (exact) mass is 246 g/mol. The Kier molecular flexibility index (Phi) is 3.99. The number of hydrogen-bond donors (Lipinski definition) is 2. The fourth-order valence-electron chi connectivity index (χ4n) is 1.95. The summed E-state index contributed by atoms with van der Waals surface area (Å²) in [5.41, 5.74) is 1.14. The van der Waals surface area contributed by atoms with Crippen LogP contribution < -0.4 is 5.32 Å². The summed E-state index contributed by atoms with van der Waals surface area (Å²) in [7, 11) is 0. The molecule has 1 unspecified atom stereocenters. The van der Waals surface area contributed by atoms with Gasteiger partial charge in [0.1, 0.15) is 0 Å². The number of hydrogen-bond acceptors (Lipinski definition) is 2. The summed E-state index contributed by atoms with van der Waals surface area (Å²) in [4.78, 5) is 11.6. The van der Waals surface area contributed by atoms with Crippen molar-refractivity contribution in [3.8, 4) is 0 Å². The fourth-order valence-corrected chi connectivity index (χ4v) is 1.95. The van der Waals surface area contributed by atoms with Gasteiger partial charge in [-0.1, -0.05) is 18.2 Å². The van der Waals surface area contributed by atoms with Crippen molar-refractivity contribution in [3.63, 3.8) is 0 Å². The average Bonchev–Trinajstić information content (AvgIpc) is 2.79. The number of aliphatic hydroxyl groups is 1. The second-order valence-electron chi connectivity index (χ2n) is 4.47. The summed E-state index contributed by atoms with van der Waals surface area (Å²) in [6.45, 7) is 2.40. The Morgan fingerprint density at radius 3 is 2.94 bits per heavy atom. The summed E-state index contributed by atoms with van der Waals surface area (Å²) in [5, 5.41) is 12.8. The number of para-hydroxylation sites is 1. The second kappa shape index (κ2) is 5.69. The fraction of sp³-hybridized carbons (Fsp3) is 0.357. The van der Waals surface area contributed by atoms with Gasteiger partial charge < -0.3 is 15.0 Å². The third-order valence-corrected chi connectivity index (χ3v) is 2.94. The number of aryl methyl sites for hydroxylation is 1. The molecule has 0 bridgehead atoms. The van der Waals surface area contributed by atoms with Crippen molar-refractivity contribution < 1.29 is 9.90 Å². The molecule has 2 rings (SSSR count). The van der Waals surface area contributed by atoms with Crippen LogP contribution in [-0.4, -0.2) is 28.2 Å². The Balaban J connectivity index is 1.96. The van der Waals surface area contributed by atoms with Crippen LogP contribution in [0.2, 0.25) is 0 Å².